The zero-order chi connectivity index (χ0) is 55.5. The zero-order valence-corrected chi connectivity index (χ0v) is 45.8. The lowest BCUT2D eigenvalue weighted by Crippen LogP contribution is -2.68. The van der Waals surface area contributed by atoms with Gasteiger partial charge in [0.05, 0.1) is 129 Å². The highest BCUT2D eigenvalue weighted by Crippen LogP contribution is 2.56. The van der Waals surface area contributed by atoms with Crippen molar-refractivity contribution in [3.63, 3.8) is 0 Å². The first-order valence-corrected chi connectivity index (χ1v) is 29.9. The number of ether oxygens (including phenoxy) is 14. The molecule has 14 fully saturated rings. The second-order valence-corrected chi connectivity index (χ2v) is 26.7. The lowest BCUT2D eigenvalue weighted by atomic mass is 9.79. The van der Waals surface area contributed by atoms with Gasteiger partial charge in [0.2, 0.25) is 0 Å². The number of nitrogens with two attached hydrogens (primary N) is 3. The Balaban J connectivity index is 0.693. The molecule has 0 aromatic carbocycles. The van der Waals surface area contributed by atoms with Crippen LogP contribution in [0, 0.1) is 11.8 Å². The summed E-state index contributed by atoms with van der Waals surface area (Å²) in [6.45, 7) is 13.1. The summed E-state index contributed by atoms with van der Waals surface area (Å²) >= 11 is 0. The second kappa shape index (κ2) is 20.4. The average molecular weight is 1130 g/mol. The number of hydrogen-bond donors (Lipinski definition) is 7. The number of carboxylic acid groups (broad SMARTS) is 1. The Labute approximate surface area is 465 Å². The molecular weight excluding hydrogens is 1050 g/mol. The van der Waals surface area contributed by atoms with E-state index >= 15 is 0 Å². The number of aliphatic carboxylic acids is 1. The summed E-state index contributed by atoms with van der Waals surface area (Å²) in [4.78, 5) is 26.0. The summed E-state index contributed by atoms with van der Waals surface area (Å²) in [6.07, 6.45) is -6.40. The maximum atomic E-state index is 14.5. The summed E-state index contributed by atoms with van der Waals surface area (Å²) in [5.41, 5.74) is 22.9. The Kier molecular flexibility index (Phi) is 14.2. The van der Waals surface area contributed by atoms with Crippen LogP contribution in [0.15, 0.2) is 24.3 Å². The molecule has 14 aliphatic rings. The minimum absolute atomic E-state index is 0.0669. The van der Waals surface area contributed by atoms with E-state index in [4.69, 9.17) is 83.5 Å². The smallest absolute Gasteiger partial charge is 0.308 e. The predicted molar refractivity (Wildman–Crippen MR) is 272 cm³/mol. The molecule has 0 aromatic rings. The average Bonchev–Trinajstić information content (AvgIpc) is 3.34. The number of carboxylic acids is 1. The van der Waals surface area contributed by atoms with E-state index in [2.05, 4.69) is 20.1 Å². The lowest BCUT2D eigenvalue weighted by Gasteiger charge is -2.54. The normalized spacial score (nSPS) is 56.2. The van der Waals surface area contributed by atoms with Crippen LogP contribution < -0.4 is 17.2 Å². The van der Waals surface area contributed by atoms with Crippen molar-refractivity contribution in [1.29, 1.82) is 0 Å². The molecule has 14 aliphatic heterocycles. The summed E-state index contributed by atoms with van der Waals surface area (Å²) < 4.78 is 94.4. The third-order valence-corrected chi connectivity index (χ3v) is 21.0. The number of aliphatic hydroxyl groups is 3. The first kappa shape index (κ1) is 55.5. The molecule has 446 valence electrons. The van der Waals surface area contributed by atoms with Gasteiger partial charge in [-0.1, -0.05) is 27.0 Å². The van der Waals surface area contributed by atoms with Crippen LogP contribution in [0.4, 0.5) is 0 Å². The van der Waals surface area contributed by atoms with E-state index in [-0.39, 0.29) is 68.7 Å². The number of rotatable bonds is 2. The van der Waals surface area contributed by atoms with Gasteiger partial charge in [0.15, 0.2) is 23.1 Å². The van der Waals surface area contributed by atoms with E-state index < -0.39 is 169 Å². The molecule has 10 bridgehead atoms. The molecule has 0 aromatic heterocycles. The van der Waals surface area contributed by atoms with Gasteiger partial charge in [-0.25, -0.2) is 0 Å². The molecule has 1 unspecified atom stereocenters. The quantitative estimate of drug-likeness (QED) is 0.116. The third kappa shape index (κ3) is 9.78. The van der Waals surface area contributed by atoms with E-state index in [9.17, 15) is 30.0 Å². The van der Waals surface area contributed by atoms with Crippen molar-refractivity contribution in [2.45, 2.75) is 305 Å². The van der Waals surface area contributed by atoms with Gasteiger partial charge in [-0.15, -0.1) is 0 Å². The first-order valence-electron chi connectivity index (χ1n) is 29.9. The maximum Gasteiger partial charge on any atom is 0.308 e. The summed E-state index contributed by atoms with van der Waals surface area (Å²) in [5, 5.41) is 43.2. The van der Waals surface area contributed by atoms with E-state index in [1.165, 1.54) is 0 Å². The van der Waals surface area contributed by atoms with Crippen LogP contribution in [0.5, 0.6) is 0 Å². The van der Waals surface area contributed by atoms with Crippen molar-refractivity contribution >= 4 is 11.9 Å². The Morgan fingerprint density at radius 3 is 2.09 bits per heavy atom. The highest BCUT2D eigenvalue weighted by molar-refractivity contribution is 5.70. The lowest BCUT2D eigenvalue weighted by molar-refractivity contribution is -0.359. The summed E-state index contributed by atoms with van der Waals surface area (Å²) in [7, 11) is 0. The minimum Gasteiger partial charge on any atom is -0.481 e. The number of carbonyl (C=O) groups excluding carboxylic acids is 1. The van der Waals surface area contributed by atoms with Gasteiger partial charge in [0.1, 0.15) is 30.5 Å². The fraction of sp³-hybridized carbons (Fsp3) is 0.895. The molecule has 0 amide bonds. The molecule has 30 atom stereocenters. The van der Waals surface area contributed by atoms with Crippen molar-refractivity contribution in [1.82, 2.24) is 0 Å². The van der Waals surface area contributed by atoms with Crippen molar-refractivity contribution < 1.29 is 96.3 Å². The van der Waals surface area contributed by atoms with Gasteiger partial charge in [0.25, 0.3) is 0 Å². The minimum atomic E-state index is -2.17. The molecule has 10 N–H and O–H groups in total. The monoisotopic (exact) mass is 1130 g/mol. The fourth-order valence-electron chi connectivity index (χ4n) is 17.1. The van der Waals surface area contributed by atoms with Crippen molar-refractivity contribution in [2.75, 3.05) is 0 Å². The second-order valence-electron chi connectivity index (χ2n) is 26.7. The van der Waals surface area contributed by atoms with Crippen LogP contribution >= 0.6 is 0 Å². The fourth-order valence-corrected chi connectivity index (χ4v) is 17.1. The Morgan fingerprint density at radius 2 is 1.27 bits per heavy atom. The largest absolute Gasteiger partial charge is 0.481 e. The van der Waals surface area contributed by atoms with Crippen LogP contribution in [0.3, 0.4) is 0 Å². The van der Waals surface area contributed by atoms with Crippen LogP contribution in [-0.2, 0) is 75.9 Å². The number of fused-ring (bicyclic) bond motifs is 13. The van der Waals surface area contributed by atoms with E-state index in [0.717, 1.165) is 17.6 Å². The molecule has 80 heavy (non-hydrogen) atoms. The molecule has 23 nitrogen and oxygen atoms in total. The number of aliphatic hydroxyl groups excluding tert-OH is 1. The summed E-state index contributed by atoms with van der Waals surface area (Å²) in [5.74, 6) is -7.58. The third-order valence-electron chi connectivity index (χ3n) is 21.0. The molecule has 0 aliphatic carbocycles. The highest BCUT2D eigenvalue weighted by Gasteiger charge is 2.68. The number of carbonyl (C=O) groups is 2. The maximum absolute atomic E-state index is 14.5. The van der Waals surface area contributed by atoms with Gasteiger partial charge in [-0.05, 0) is 62.0 Å². The predicted octanol–water partition coefficient (Wildman–Crippen LogP) is 1.28. The van der Waals surface area contributed by atoms with Crippen LogP contribution in [0.2, 0.25) is 0 Å². The highest BCUT2D eigenvalue weighted by atomic mass is 16.8. The number of hydrogen-bond acceptors (Lipinski definition) is 22. The van der Waals surface area contributed by atoms with Gasteiger partial charge in [-0.2, -0.15) is 0 Å². The summed E-state index contributed by atoms with van der Waals surface area (Å²) in [6, 6.07) is -1.90. The van der Waals surface area contributed by atoms with Crippen LogP contribution in [0.25, 0.3) is 0 Å². The van der Waals surface area contributed by atoms with Crippen LogP contribution in [-0.4, -0.2) is 208 Å². The van der Waals surface area contributed by atoms with E-state index in [1.54, 1.807) is 0 Å². The van der Waals surface area contributed by atoms with Gasteiger partial charge >= 0.3 is 11.9 Å². The molecule has 14 saturated heterocycles. The molecule has 23 heteroatoms. The Morgan fingerprint density at radius 1 is 0.588 bits per heavy atom. The van der Waals surface area contributed by atoms with Crippen molar-refractivity contribution in [2.24, 2.45) is 29.0 Å². The van der Waals surface area contributed by atoms with Crippen molar-refractivity contribution in [3.05, 3.63) is 24.3 Å². The topological polar surface area (TPSA) is 322 Å². The zero-order valence-electron chi connectivity index (χ0n) is 45.8. The molecule has 0 saturated carbocycles. The standard InChI is InChI=1S/C57H83N3O20/c1-23-11-27-5-7-33-24(2)12-29(67-33)9-10-54-22-57(65,66)53(80-54)47-26(4)46(78-54)52-34(71-47)8-6-28(69-52)13-44(64)74-51-38(15-35(68-27)25(23)3)70-39-16-37-41(73-50(39)45(51)60)20-56(75-37)21-42-49(79-56)31(59)19-55(77-42)18-30(58)48-40(76-55)14-32(61)36(72-48)17-43(62)63/h23,26-42,45-53,61,65-66H,2-3,5-22,58-60H2,1,4H3,(H,62,63)/t23-,26+,27+,28-,29+,30+,31+,32-,33+,34+,35-,36-,37-,38+,39+,40+,41-,42+,45+,46-,47-,48+,49+,50-,51+,52+,53?,54-,55-,56+/m1/s1. The van der Waals surface area contributed by atoms with Gasteiger partial charge in [-0.3, -0.25) is 9.59 Å². The van der Waals surface area contributed by atoms with Crippen molar-refractivity contribution in [3.8, 4) is 0 Å². The van der Waals surface area contributed by atoms with Gasteiger partial charge in [0, 0.05) is 69.4 Å². The molecule has 0 radical (unpaired) electrons. The first-order chi connectivity index (χ1) is 38.1. The van der Waals surface area contributed by atoms with E-state index in [0.29, 0.717) is 70.6 Å². The molecular formula is C57H83N3O20. The Bertz CT molecular complexity index is 2420. The van der Waals surface area contributed by atoms with E-state index in [1.807, 2.05) is 6.92 Å². The van der Waals surface area contributed by atoms with Crippen LogP contribution in [0.1, 0.15) is 129 Å². The Hall–Kier alpha value is -2.34. The van der Waals surface area contributed by atoms with Gasteiger partial charge < -0.3 is 104 Å². The molecule has 3 spiro atoms. The number of esters is 1. The molecule has 14 heterocycles. The molecule has 14 rings (SSSR count). The SMILES string of the molecule is C=C1C[C@@H]2CC[C@]34CC(O)(O)C(O3)[C@@H]3O[C@H]5CC[C@H](CC(=O)O[C@@H]6[C@@H](N)[C@@H]7O[C@@H]8C[C@]9(C[C@@H]%10O[C@]%11(C[C@H](N)[C@@H]%12O[C@H](CC(=O)O)[C@H](O)C[C@@H]%12O%11)C[C@H](N)[C@@H]%10O9)O[C@@H]8C[C@@H]7O[C@H]6C[C@H]6O[C@@H](CC[C@@H]1O2)C[C@@H](C)C6=C)O[C@@H]5[C@H](O4)[C@@H]3C.